The van der Waals surface area contributed by atoms with Gasteiger partial charge in [-0.05, 0) is 31.0 Å². The minimum Gasteiger partial charge on any atom is -0.472 e. The Morgan fingerprint density at radius 3 is 2.84 bits per heavy atom. The summed E-state index contributed by atoms with van der Waals surface area (Å²) >= 11 is 0. The van der Waals surface area contributed by atoms with Crippen LogP contribution in [0, 0.1) is 11.3 Å². The zero-order valence-electron chi connectivity index (χ0n) is 16.5. The first-order valence-corrected chi connectivity index (χ1v) is 9.69. The molecule has 1 saturated heterocycles. The Morgan fingerprint density at radius 2 is 2.06 bits per heavy atom. The van der Waals surface area contributed by atoms with Crippen molar-refractivity contribution < 1.29 is 18.7 Å². The molecule has 1 aromatic carbocycles. The van der Waals surface area contributed by atoms with Gasteiger partial charge in [0.05, 0.1) is 36.1 Å². The number of nitriles is 1. The van der Waals surface area contributed by atoms with E-state index in [1.54, 1.807) is 23.1 Å². The topological polar surface area (TPSA) is 106 Å². The monoisotopic (exact) mass is 422 g/mol. The molecule has 0 saturated carbocycles. The number of rotatable bonds is 6. The van der Waals surface area contributed by atoms with Gasteiger partial charge in [0.15, 0.2) is 0 Å². The van der Waals surface area contributed by atoms with E-state index in [9.17, 15) is 9.18 Å². The first-order valence-electron chi connectivity index (χ1n) is 9.69. The van der Waals surface area contributed by atoms with Gasteiger partial charge in [-0.1, -0.05) is 0 Å². The zero-order chi connectivity index (χ0) is 21.6. The zero-order valence-corrected chi connectivity index (χ0v) is 16.5. The molecule has 3 heterocycles. The second-order valence-electron chi connectivity index (χ2n) is 6.88. The third-order valence-corrected chi connectivity index (χ3v) is 4.87. The highest BCUT2D eigenvalue weighted by molar-refractivity contribution is 5.98. The normalized spacial score (nSPS) is 15.9. The van der Waals surface area contributed by atoms with Crippen molar-refractivity contribution in [1.82, 2.24) is 24.9 Å². The third-order valence-electron chi connectivity index (χ3n) is 4.87. The van der Waals surface area contributed by atoms with E-state index in [-0.39, 0.29) is 17.8 Å². The summed E-state index contributed by atoms with van der Waals surface area (Å²) in [7, 11) is 0. The molecular formula is C21H19FN6O3. The molecule has 0 bridgehead atoms. The van der Waals surface area contributed by atoms with Crippen molar-refractivity contribution in [3.05, 3.63) is 60.0 Å². The summed E-state index contributed by atoms with van der Waals surface area (Å²) in [4.78, 5) is 20.4. The molecule has 1 aliphatic rings. The van der Waals surface area contributed by atoms with Crippen molar-refractivity contribution in [3.63, 3.8) is 0 Å². The van der Waals surface area contributed by atoms with Crippen LogP contribution in [0.3, 0.4) is 0 Å². The Bertz CT molecular complexity index is 1100. The molecule has 0 unspecified atom stereocenters. The lowest BCUT2D eigenvalue weighted by Crippen LogP contribution is -2.44. The Hall–Kier alpha value is -4.00. The number of nitrogens with zero attached hydrogens (tertiary/aromatic N) is 6. The van der Waals surface area contributed by atoms with E-state index < -0.39 is 6.86 Å². The van der Waals surface area contributed by atoms with Crippen molar-refractivity contribution in [1.29, 1.82) is 5.26 Å². The fourth-order valence-electron chi connectivity index (χ4n) is 3.45. The molecule has 0 spiro atoms. The van der Waals surface area contributed by atoms with Gasteiger partial charge in [0.25, 0.3) is 5.91 Å². The van der Waals surface area contributed by atoms with Gasteiger partial charge in [-0.3, -0.25) is 4.79 Å². The Morgan fingerprint density at radius 1 is 1.23 bits per heavy atom. The average Bonchev–Trinajstić information content (AvgIpc) is 3.34. The van der Waals surface area contributed by atoms with Crippen LogP contribution < -0.4 is 9.47 Å². The highest BCUT2D eigenvalue weighted by atomic mass is 19.1. The number of alkyl halides is 1. The van der Waals surface area contributed by atoms with Crippen LogP contribution in [0.15, 0.2) is 48.9 Å². The average molecular weight is 422 g/mol. The van der Waals surface area contributed by atoms with Gasteiger partial charge in [-0.25, -0.2) is 9.37 Å². The molecule has 0 radical (unpaired) electrons. The molecule has 1 amide bonds. The van der Waals surface area contributed by atoms with E-state index in [0.717, 1.165) is 12.8 Å². The predicted molar refractivity (Wildman–Crippen MR) is 106 cm³/mol. The number of pyridine rings is 1. The minimum absolute atomic E-state index is 0.217. The van der Waals surface area contributed by atoms with Gasteiger partial charge in [0.2, 0.25) is 12.7 Å². The molecule has 0 aliphatic carbocycles. The fraction of sp³-hybridized carbons (Fsp3) is 0.286. The summed E-state index contributed by atoms with van der Waals surface area (Å²) in [6.07, 6.45) is 5.77. The maximum absolute atomic E-state index is 13.3. The van der Waals surface area contributed by atoms with Crippen LogP contribution in [0.5, 0.6) is 11.6 Å². The van der Waals surface area contributed by atoms with Gasteiger partial charge in [0.1, 0.15) is 17.5 Å². The Balaban J connectivity index is 1.54. The van der Waals surface area contributed by atoms with Crippen LogP contribution in [-0.4, -0.2) is 56.8 Å². The lowest BCUT2D eigenvalue weighted by Gasteiger charge is -2.33. The maximum atomic E-state index is 13.3. The Labute approximate surface area is 177 Å². The van der Waals surface area contributed by atoms with Crippen LogP contribution in [-0.2, 0) is 0 Å². The van der Waals surface area contributed by atoms with Gasteiger partial charge in [-0.15, -0.1) is 0 Å². The van der Waals surface area contributed by atoms with E-state index in [4.69, 9.17) is 14.7 Å². The Kier molecular flexibility index (Phi) is 6.03. The quantitative estimate of drug-likeness (QED) is 0.601. The summed E-state index contributed by atoms with van der Waals surface area (Å²) in [6.45, 7) is -0.0451. The predicted octanol–water partition coefficient (Wildman–Crippen LogP) is 2.52. The van der Waals surface area contributed by atoms with Gasteiger partial charge >= 0.3 is 0 Å². The van der Waals surface area contributed by atoms with Crippen molar-refractivity contribution in [2.75, 3.05) is 20.0 Å². The number of aromatic nitrogens is 4. The SMILES string of the molecule is N#Cc1ccnc(O[C@@H]2CCCN(C(=O)c3ccc(OCF)cc3-n3nccn3)C2)c1. The van der Waals surface area contributed by atoms with E-state index in [1.807, 2.05) is 0 Å². The molecule has 3 aromatic rings. The molecular weight excluding hydrogens is 403 g/mol. The molecule has 4 rings (SSSR count). The molecule has 0 N–H and O–H groups in total. The summed E-state index contributed by atoms with van der Waals surface area (Å²) < 4.78 is 23.4. The smallest absolute Gasteiger partial charge is 0.256 e. The van der Waals surface area contributed by atoms with Crippen LogP contribution in [0.2, 0.25) is 0 Å². The second kappa shape index (κ2) is 9.21. The minimum atomic E-state index is -0.981. The summed E-state index contributed by atoms with van der Waals surface area (Å²) in [5.41, 5.74) is 1.22. The van der Waals surface area contributed by atoms with E-state index in [0.29, 0.717) is 35.8 Å². The molecule has 1 aliphatic heterocycles. The van der Waals surface area contributed by atoms with Crippen LogP contribution in [0.4, 0.5) is 4.39 Å². The molecule has 1 fully saturated rings. The highest BCUT2D eigenvalue weighted by Crippen LogP contribution is 2.25. The number of carbonyl (C=O) groups excluding carboxylic acids is 1. The van der Waals surface area contributed by atoms with Crippen molar-refractivity contribution >= 4 is 5.91 Å². The molecule has 10 heteroatoms. The van der Waals surface area contributed by atoms with Gasteiger partial charge in [-0.2, -0.15) is 20.3 Å². The van der Waals surface area contributed by atoms with E-state index >= 15 is 0 Å². The van der Waals surface area contributed by atoms with Gasteiger partial charge < -0.3 is 14.4 Å². The van der Waals surface area contributed by atoms with E-state index in [2.05, 4.69) is 21.3 Å². The van der Waals surface area contributed by atoms with E-state index in [1.165, 1.54) is 35.5 Å². The van der Waals surface area contributed by atoms with Crippen LogP contribution in [0.1, 0.15) is 28.8 Å². The van der Waals surface area contributed by atoms with Crippen LogP contribution in [0.25, 0.3) is 5.69 Å². The highest BCUT2D eigenvalue weighted by Gasteiger charge is 2.28. The van der Waals surface area contributed by atoms with Crippen molar-refractivity contribution in [3.8, 4) is 23.4 Å². The number of hydrogen-bond acceptors (Lipinski definition) is 7. The number of benzene rings is 1. The maximum Gasteiger partial charge on any atom is 0.256 e. The molecule has 158 valence electrons. The number of hydrogen-bond donors (Lipinski definition) is 0. The van der Waals surface area contributed by atoms with Crippen molar-refractivity contribution in [2.24, 2.45) is 0 Å². The number of piperidine rings is 1. The molecule has 1 atom stereocenters. The summed E-state index contributed by atoms with van der Waals surface area (Å²) in [6, 6.07) is 9.88. The summed E-state index contributed by atoms with van der Waals surface area (Å²) in [5.74, 6) is 0.410. The standard InChI is InChI=1S/C21H19FN6O3/c22-14-30-16-3-4-18(19(11-16)28-25-7-8-26-28)21(29)27-9-1-2-17(13-27)31-20-10-15(12-23)5-6-24-20/h3-8,10-11,17H,1-2,9,13-14H2/t17-/m1/s1. The number of amides is 1. The number of carbonyl (C=O) groups is 1. The lowest BCUT2D eigenvalue weighted by molar-refractivity contribution is 0.0527. The first kappa shape index (κ1) is 20.3. The fourth-order valence-corrected chi connectivity index (χ4v) is 3.45. The lowest BCUT2D eigenvalue weighted by atomic mass is 10.1. The van der Waals surface area contributed by atoms with Crippen LogP contribution >= 0.6 is 0 Å². The number of likely N-dealkylation sites (tertiary alicyclic amines) is 1. The molecule has 31 heavy (non-hydrogen) atoms. The molecule has 2 aromatic heterocycles. The number of halogens is 1. The second-order valence-corrected chi connectivity index (χ2v) is 6.88. The first-order chi connectivity index (χ1) is 15.2. The largest absolute Gasteiger partial charge is 0.472 e. The summed E-state index contributed by atoms with van der Waals surface area (Å²) in [5, 5.41) is 17.2. The molecule has 9 nitrogen and oxygen atoms in total. The van der Waals surface area contributed by atoms with Crippen molar-refractivity contribution in [2.45, 2.75) is 18.9 Å². The third kappa shape index (κ3) is 4.61. The van der Waals surface area contributed by atoms with Gasteiger partial charge in [0, 0.05) is 24.9 Å². The number of ether oxygens (including phenoxy) is 2.